The van der Waals surface area contributed by atoms with Gasteiger partial charge in [0.05, 0.1) is 17.3 Å². The van der Waals surface area contributed by atoms with Gasteiger partial charge < -0.3 is 8.94 Å². The van der Waals surface area contributed by atoms with Crippen LogP contribution < -0.4 is 4.72 Å². The first kappa shape index (κ1) is 13.5. The van der Waals surface area contributed by atoms with Crippen molar-refractivity contribution in [3.05, 3.63) is 24.7 Å². The van der Waals surface area contributed by atoms with Crippen molar-refractivity contribution in [2.45, 2.75) is 5.09 Å². The molecule has 0 saturated carbocycles. The van der Waals surface area contributed by atoms with E-state index in [0.717, 1.165) is 0 Å². The zero-order valence-corrected chi connectivity index (χ0v) is 12.0. The van der Waals surface area contributed by atoms with E-state index in [0.29, 0.717) is 17.0 Å². The molecule has 9 nitrogen and oxygen atoms in total. The Bertz CT molecular complexity index is 876. The van der Waals surface area contributed by atoms with Crippen LogP contribution in [0.25, 0.3) is 22.8 Å². The number of aryl methyl sites for hydroxylation is 1. The van der Waals surface area contributed by atoms with Crippen LogP contribution in [-0.4, -0.2) is 35.4 Å². The van der Waals surface area contributed by atoms with Crippen LogP contribution in [0.15, 0.2) is 38.8 Å². The highest BCUT2D eigenvalue weighted by atomic mass is 32.2. The Hall–Kier alpha value is -2.46. The fourth-order valence-electron chi connectivity index (χ4n) is 1.66. The molecule has 0 aliphatic heterocycles. The normalized spacial score (nSPS) is 11.9. The van der Waals surface area contributed by atoms with Gasteiger partial charge in [-0.2, -0.15) is 10.1 Å². The van der Waals surface area contributed by atoms with E-state index in [9.17, 15) is 8.42 Å². The first-order valence-electron chi connectivity index (χ1n) is 5.85. The predicted molar refractivity (Wildman–Crippen MR) is 70.4 cm³/mol. The summed E-state index contributed by atoms with van der Waals surface area (Å²) in [5.74, 6) is 0.521. The third-order valence-electron chi connectivity index (χ3n) is 2.75. The zero-order valence-electron chi connectivity index (χ0n) is 11.1. The summed E-state index contributed by atoms with van der Waals surface area (Å²) >= 11 is 0. The Kier molecular flexibility index (Phi) is 3.11. The quantitative estimate of drug-likeness (QED) is 0.751. The molecule has 3 heterocycles. The smallest absolute Gasteiger partial charge is 0.273 e. The lowest BCUT2D eigenvalue weighted by molar-refractivity contribution is 0.429. The Balaban J connectivity index is 1.94. The van der Waals surface area contributed by atoms with Crippen LogP contribution in [0.5, 0.6) is 0 Å². The SMILES string of the molecule is CNS(=O)(=O)c1cc(-c2nc(-c3cnn(C)c3)no2)co1. The van der Waals surface area contributed by atoms with Crippen molar-refractivity contribution in [2.75, 3.05) is 7.05 Å². The van der Waals surface area contributed by atoms with Gasteiger partial charge in [0.15, 0.2) is 0 Å². The highest BCUT2D eigenvalue weighted by Gasteiger charge is 2.20. The maximum atomic E-state index is 11.6. The summed E-state index contributed by atoms with van der Waals surface area (Å²) in [6, 6.07) is 1.31. The average Bonchev–Trinajstić information content (AvgIpc) is 3.17. The number of nitrogens with zero attached hydrogens (tertiary/aromatic N) is 4. The van der Waals surface area contributed by atoms with Crippen LogP contribution in [0.2, 0.25) is 0 Å². The molecule has 10 heteroatoms. The average molecular weight is 309 g/mol. The second kappa shape index (κ2) is 4.82. The lowest BCUT2D eigenvalue weighted by Gasteiger charge is -1.94. The van der Waals surface area contributed by atoms with E-state index >= 15 is 0 Å². The van der Waals surface area contributed by atoms with E-state index in [-0.39, 0.29) is 11.0 Å². The van der Waals surface area contributed by atoms with Crippen LogP contribution in [0.4, 0.5) is 0 Å². The van der Waals surface area contributed by atoms with Gasteiger partial charge in [0.1, 0.15) is 6.26 Å². The molecule has 110 valence electrons. The number of hydrogen-bond donors (Lipinski definition) is 1. The molecule has 0 amide bonds. The minimum Gasteiger partial charge on any atom is -0.451 e. The van der Waals surface area contributed by atoms with Gasteiger partial charge in [-0.05, 0) is 7.05 Å². The van der Waals surface area contributed by atoms with Crippen molar-refractivity contribution in [3.8, 4) is 22.8 Å². The second-order valence-corrected chi connectivity index (χ2v) is 6.01. The van der Waals surface area contributed by atoms with Crippen molar-refractivity contribution in [2.24, 2.45) is 7.05 Å². The largest absolute Gasteiger partial charge is 0.451 e. The maximum absolute atomic E-state index is 11.6. The molecular formula is C11H11N5O4S. The van der Waals surface area contributed by atoms with Gasteiger partial charge in [-0.25, -0.2) is 13.1 Å². The molecule has 0 aromatic carbocycles. The molecule has 3 aromatic heterocycles. The van der Waals surface area contributed by atoms with E-state index in [1.165, 1.54) is 19.4 Å². The number of sulfonamides is 1. The molecule has 0 atom stereocenters. The molecule has 0 unspecified atom stereocenters. The van der Waals surface area contributed by atoms with E-state index in [1.54, 1.807) is 24.1 Å². The molecule has 0 radical (unpaired) electrons. The van der Waals surface area contributed by atoms with Crippen LogP contribution in [-0.2, 0) is 17.1 Å². The first-order chi connectivity index (χ1) is 9.99. The molecule has 0 bridgehead atoms. The molecular weight excluding hydrogens is 298 g/mol. The topological polar surface area (TPSA) is 116 Å². The zero-order chi connectivity index (χ0) is 15.0. The van der Waals surface area contributed by atoms with E-state index in [1.807, 2.05) is 0 Å². The van der Waals surface area contributed by atoms with Crippen LogP contribution in [0, 0.1) is 0 Å². The number of furan rings is 1. The van der Waals surface area contributed by atoms with Gasteiger partial charge in [-0.15, -0.1) is 0 Å². The molecule has 1 N–H and O–H groups in total. The van der Waals surface area contributed by atoms with Gasteiger partial charge in [0.2, 0.25) is 10.9 Å². The lowest BCUT2D eigenvalue weighted by atomic mass is 10.3. The summed E-state index contributed by atoms with van der Waals surface area (Å²) in [5, 5.41) is 7.61. The lowest BCUT2D eigenvalue weighted by Crippen LogP contribution is -2.17. The van der Waals surface area contributed by atoms with Gasteiger partial charge in [0.25, 0.3) is 15.9 Å². The van der Waals surface area contributed by atoms with Crippen molar-refractivity contribution in [1.82, 2.24) is 24.6 Å². The summed E-state index contributed by atoms with van der Waals surface area (Å²) in [6.07, 6.45) is 4.58. The van der Waals surface area contributed by atoms with Crippen molar-refractivity contribution < 1.29 is 17.4 Å². The van der Waals surface area contributed by atoms with E-state index in [2.05, 4.69) is 20.0 Å². The van der Waals surface area contributed by atoms with Gasteiger partial charge in [0, 0.05) is 19.3 Å². The molecule has 0 aliphatic carbocycles. The summed E-state index contributed by atoms with van der Waals surface area (Å²) in [7, 11) is -0.578. The Morgan fingerprint density at radius 3 is 2.81 bits per heavy atom. The Morgan fingerprint density at radius 1 is 1.33 bits per heavy atom. The third kappa shape index (κ3) is 2.45. The van der Waals surface area contributed by atoms with E-state index < -0.39 is 10.0 Å². The molecule has 0 saturated heterocycles. The monoisotopic (exact) mass is 309 g/mol. The summed E-state index contributed by atoms with van der Waals surface area (Å²) in [4.78, 5) is 4.18. The molecule has 21 heavy (non-hydrogen) atoms. The second-order valence-electron chi connectivity index (χ2n) is 4.19. The molecule has 3 rings (SSSR count). The Labute approximate surface area is 119 Å². The van der Waals surface area contributed by atoms with Crippen molar-refractivity contribution in [3.63, 3.8) is 0 Å². The molecule has 0 fully saturated rings. The number of aromatic nitrogens is 4. The fraction of sp³-hybridized carbons (Fsp3) is 0.182. The van der Waals surface area contributed by atoms with Crippen molar-refractivity contribution in [1.29, 1.82) is 0 Å². The van der Waals surface area contributed by atoms with Gasteiger partial charge in [-0.3, -0.25) is 4.68 Å². The van der Waals surface area contributed by atoms with Crippen LogP contribution in [0.1, 0.15) is 0 Å². The molecule has 0 spiro atoms. The summed E-state index contributed by atoms with van der Waals surface area (Å²) in [5.41, 5.74) is 1.07. The number of rotatable bonds is 4. The van der Waals surface area contributed by atoms with E-state index in [4.69, 9.17) is 8.94 Å². The highest BCUT2D eigenvalue weighted by molar-refractivity contribution is 7.89. The fourth-order valence-corrected chi connectivity index (χ4v) is 2.32. The summed E-state index contributed by atoms with van der Waals surface area (Å²) < 4.78 is 37.1. The number of hydrogen-bond acceptors (Lipinski definition) is 7. The van der Waals surface area contributed by atoms with Gasteiger partial charge >= 0.3 is 0 Å². The standard InChI is InChI=1S/C11H11N5O4S/c1-12-21(17,18)9-3-7(6-19-9)11-14-10(15-20-11)8-4-13-16(2)5-8/h3-6,12H,1-2H3. The molecule has 0 aliphatic rings. The predicted octanol–water partition coefficient (Wildman–Crippen LogP) is 0.638. The van der Waals surface area contributed by atoms with Crippen LogP contribution >= 0.6 is 0 Å². The van der Waals surface area contributed by atoms with Crippen LogP contribution in [0.3, 0.4) is 0 Å². The van der Waals surface area contributed by atoms with Crippen molar-refractivity contribution >= 4 is 10.0 Å². The Morgan fingerprint density at radius 2 is 2.14 bits per heavy atom. The third-order valence-corrected chi connectivity index (χ3v) is 4.03. The van der Waals surface area contributed by atoms with Gasteiger partial charge in [-0.1, -0.05) is 5.16 Å². The number of nitrogens with one attached hydrogen (secondary N) is 1. The molecule has 3 aromatic rings. The minimum absolute atomic E-state index is 0.162. The first-order valence-corrected chi connectivity index (χ1v) is 7.33. The minimum atomic E-state index is -3.65. The maximum Gasteiger partial charge on any atom is 0.273 e. The highest BCUT2D eigenvalue weighted by Crippen LogP contribution is 2.25. The summed E-state index contributed by atoms with van der Waals surface area (Å²) in [6.45, 7) is 0.